The maximum atomic E-state index is 13.7. The number of ether oxygens (including phenoxy) is 1. The van der Waals surface area contributed by atoms with Crippen LogP contribution in [0.5, 0.6) is 5.75 Å². The summed E-state index contributed by atoms with van der Waals surface area (Å²) in [5.41, 5.74) is 1.73. The van der Waals surface area contributed by atoms with E-state index in [9.17, 15) is 14.4 Å². The Morgan fingerprint density at radius 1 is 0.938 bits per heavy atom. The van der Waals surface area contributed by atoms with Crippen LogP contribution in [0.15, 0.2) is 54.6 Å². The number of ketones is 1. The second-order valence-corrected chi connectivity index (χ2v) is 9.64. The molecule has 3 aliphatic rings. The van der Waals surface area contributed by atoms with Crippen molar-refractivity contribution in [2.75, 3.05) is 16.9 Å². The number of carbonyl (C=O) groups excluding carboxylic acids is 3. The standard InChI is InChI=1S/C26H26N2O4/c1-26(2,3)23(29)22-21-20(19-14-9-15-7-5-6-8-18(15)28(19)22)24(30)27(25(21)31)16-10-12-17(32-4)13-11-16/h5-14,19-22H,1-4H3/t19-,20+,21+,22+/m1/s1. The molecule has 0 unspecified atom stereocenters. The van der Waals surface area contributed by atoms with Crippen molar-refractivity contribution >= 4 is 35.0 Å². The fraction of sp³-hybridized carbons (Fsp3) is 0.346. The number of anilines is 2. The van der Waals surface area contributed by atoms with Crippen molar-refractivity contribution in [2.24, 2.45) is 17.3 Å². The minimum Gasteiger partial charge on any atom is -0.497 e. The molecule has 0 bridgehead atoms. The van der Waals surface area contributed by atoms with Crippen LogP contribution in [0.1, 0.15) is 26.3 Å². The van der Waals surface area contributed by atoms with Gasteiger partial charge in [0.05, 0.1) is 30.7 Å². The first kappa shape index (κ1) is 20.5. The predicted molar refractivity (Wildman–Crippen MR) is 122 cm³/mol. The number of Topliss-reactive ketones (excluding diaryl/α,β-unsaturated/α-hetero) is 1. The molecule has 0 spiro atoms. The zero-order valence-electron chi connectivity index (χ0n) is 18.6. The van der Waals surface area contributed by atoms with Crippen molar-refractivity contribution in [2.45, 2.75) is 32.9 Å². The lowest BCUT2D eigenvalue weighted by Gasteiger charge is -2.38. The molecule has 2 aromatic rings. The molecule has 0 aliphatic carbocycles. The second-order valence-electron chi connectivity index (χ2n) is 9.64. The van der Waals surface area contributed by atoms with Crippen LogP contribution in [-0.4, -0.2) is 36.8 Å². The molecule has 2 fully saturated rings. The van der Waals surface area contributed by atoms with Gasteiger partial charge in [0.25, 0.3) is 0 Å². The third-order valence-corrected chi connectivity index (χ3v) is 6.75. The van der Waals surface area contributed by atoms with E-state index in [0.717, 1.165) is 11.3 Å². The fourth-order valence-electron chi connectivity index (χ4n) is 5.24. The Morgan fingerprint density at radius 3 is 2.25 bits per heavy atom. The van der Waals surface area contributed by atoms with E-state index in [-0.39, 0.29) is 23.6 Å². The smallest absolute Gasteiger partial charge is 0.240 e. The average molecular weight is 431 g/mol. The minimum atomic E-state index is -0.725. The molecule has 0 radical (unpaired) electrons. The van der Waals surface area contributed by atoms with E-state index < -0.39 is 23.3 Å². The summed E-state index contributed by atoms with van der Waals surface area (Å²) in [6.07, 6.45) is 3.96. The van der Waals surface area contributed by atoms with Crippen molar-refractivity contribution in [3.63, 3.8) is 0 Å². The largest absolute Gasteiger partial charge is 0.497 e. The summed E-state index contributed by atoms with van der Waals surface area (Å²) in [7, 11) is 1.57. The summed E-state index contributed by atoms with van der Waals surface area (Å²) in [6, 6.07) is 13.7. The van der Waals surface area contributed by atoms with Crippen molar-refractivity contribution in [3.05, 3.63) is 60.2 Å². The Balaban J connectivity index is 1.62. The number of carbonyl (C=O) groups is 3. The molecule has 4 atom stereocenters. The lowest BCUT2D eigenvalue weighted by molar-refractivity contribution is -0.132. The number of hydrogen-bond donors (Lipinski definition) is 0. The highest BCUT2D eigenvalue weighted by molar-refractivity contribution is 6.25. The van der Waals surface area contributed by atoms with E-state index in [2.05, 4.69) is 0 Å². The van der Waals surface area contributed by atoms with E-state index in [1.807, 2.05) is 62.1 Å². The molecule has 0 aromatic heterocycles. The summed E-state index contributed by atoms with van der Waals surface area (Å²) in [4.78, 5) is 44.3. The molecule has 3 heterocycles. The average Bonchev–Trinajstić information content (AvgIpc) is 3.25. The highest BCUT2D eigenvalue weighted by Gasteiger charge is 2.64. The van der Waals surface area contributed by atoms with Gasteiger partial charge < -0.3 is 9.64 Å². The maximum absolute atomic E-state index is 13.7. The van der Waals surface area contributed by atoms with Crippen LogP contribution in [0.4, 0.5) is 11.4 Å². The lowest BCUT2D eigenvalue weighted by Crippen LogP contribution is -2.51. The molecule has 6 nitrogen and oxygen atoms in total. The Kier molecular flexibility index (Phi) is 4.52. The van der Waals surface area contributed by atoms with Crippen molar-refractivity contribution < 1.29 is 19.1 Å². The zero-order valence-corrected chi connectivity index (χ0v) is 18.6. The zero-order chi connectivity index (χ0) is 22.8. The van der Waals surface area contributed by atoms with E-state index in [4.69, 9.17) is 4.74 Å². The number of imide groups is 1. The van der Waals surface area contributed by atoms with Crippen molar-refractivity contribution in [3.8, 4) is 5.75 Å². The first-order chi connectivity index (χ1) is 15.2. The number of nitrogens with zero attached hydrogens (tertiary/aromatic N) is 2. The number of benzene rings is 2. The van der Waals surface area contributed by atoms with Crippen LogP contribution in [0.2, 0.25) is 0 Å². The van der Waals surface area contributed by atoms with Gasteiger partial charge in [-0.15, -0.1) is 0 Å². The van der Waals surface area contributed by atoms with E-state index in [0.29, 0.717) is 11.4 Å². The van der Waals surface area contributed by atoms with Gasteiger partial charge >= 0.3 is 0 Å². The third kappa shape index (κ3) is 2.82. The minimum absolute atomic E-state index is 0.0298. The number of methoxy groups -OCH3 is 1. The topological polar surface area (TPSA) is 66.9 Å². The Bertz CT molecular complexity index is 1150. The molecule has 32 heavy (non-hydrogen) atoms. The second kappa shape index (κ2) is 7.05. The maximum Gasteiger partial charge on any atom is 0.240 e. The molecule has 0 saturated carbocycles. The number of rotatable bonds is 3. The summed E-state index contributed by atoms with van der Waals surface area (Å²) in [6.45, 7) is 5.60. The number of fused-ring (bicyclic) bond motifs is 5. The first-order valence-corrected chi connectivity index (χ1v) is 10.9. The van der Waals surface area contributed by atoms with E-state index in [1.165, 1.54) is 4.90 Å². The highest BCUT2D eigenvalue weighted by atomic mass is 16.5. The molecule has 3 aliphatic heterocycles. The van der Waals surface area contributed by atoms with Gasteiger partial charge in [0.2, 0.25) is 11.8 Å². The van der Waals surface area contributed by atoms with Gasteiger partial charge in [-0.1, -0.05) is 51.1 Å². The normalized spacial score (nSPS) is 26.1. The lowest BCUT2D eigenvalue weighted by atomic mass is 9.79. The Hall–Kier alpha value is -3.41. The fourth-order valence-corrected chi connectivity index (χ4v) is 5.24. The van der Waals surface area contributed by atoms with Gasteiger partial charge in [-0.05, 0) is 35.9 Å². The predicted octanol–water partition coefficient (Wildman–Crippen LogP) is 3.70. The van der Waals surface area contributed by atoms with Crippen LogP contribution >= 0.6 is 0 Å². The molecular formula is C26H26N2O4. The number of hydrogen-bond acceptors (Lipinski definition) is 5. The summed E-state index contributed by atoms with van der Waals surface area (Å²) in [5, 5.41) is 0. The summed E-state index contributed by atoms with van der Waals surface area (Å²) in [5.74, 6) is -1.28. The third-order valence-electron chi connectivity index (χ3n) is 6.75. The van der Waals surface area contributed by atoms with Gasteiger partial charge in [0, 0.05) is 11.1 Å². The summed E-state index contributed by atoms with van der Waals surface area (Å²) >= 11 is 0. The van der Waals surface area contributed by atoms with Crippen molar-refractivity contribution in [1.82, 2.24) is 0 Å². The van der Waals surface area contributed by atoms with E-state index in [1.54, 1.807) is 31.4 Å². The Morgan fingerprint density at radius 2 is 1.59 bits per heavy atom. The van der Waals surface area contributed by atoms with Crippen molar-refractivity contribution in [1.29, 1.82) is 0 Å². The molecule has 5 rings (SSSR count). The summed E-state index contributed by atoms with van der Waals surface area (Å²) < 4.78 is 5.20. The molecule has 0 N–H and O–H groups in total. The molecular weight excluding hydrogens is 404 g/mol. The molecule has 2 aromatic carbocycles. The van der Waals surface area contributed by atoms with Gasteiger partial charge in [0.15, 0.2) is 5.78 Å². The SMILES string of the molecule is COc1ccc(N2C(=O)[C@@H]3[C@H](C2=O)[C@@H](C(=O)C(C)(C)C)N2c4ccccc4C=C[C@H]32)cc1. The molecule has 2 saturated heterocycles. The van der Waals surface area contributed by atoms with Gasteiger partial charge in [-0.3, -0.25) is 14.4 Å². The highest BCUT2D eigenvalue weighted by Crippen LogP contribution is 2.50. The number of amides is 2. The molecule has 6 heteroatoms. The van der Waals surface area contributed by atoms with Gasteiger partial charge in [-0.25, -0.2) is 4.90 Å². The monoisotopic (exact) mass is 430 g/mol. The quantitative estimate of drug-likeness (QED) is 0.695. The van der Waals surface area contributed by atoms with Crippen LogP contribution in [0.3, 0.4) is 0 Å². The van der Waals surface area contributed by atoms with Gasteiger partial charge in [-0.2, -0.15) is 0 Å². The molecule has 164 valence electrons. The van der Waals surface area contributed by atoms with E-state index >= 15 is 0 Å². The van der Waals surface area contributed by atoms with Crippen LogP contribution in [0, 0.1) is 17.3 Å². The Labute approximate surface area is 187 Å². The van der Waals surface area contributed by atoms with Crippen LogP contribution in [0.25, 0.3) is 6.08 Å². The van der Waals surface area contributed by atoms with Crippen LogP contribution in [-0.2, 0) is 14.4 Å². The number of para-hydroxylation sites is 1. The molecule has 2 amide bonds. The first-order valence-electron chi connectivity index (χ1n) is 10.9. The van der Waals surface area contributed by atoms with Crippen LogP contribution < -0.4 is 14.5 Å². The van der Waals surface area contributed by atoms with Gasteiger partial charge in [0.1, 0.15) is 11.8 Å².